The van der Waals surface area contributed by atoms with Crippen LogP contribution in [0.15, 0.2) is 50.5 Å². The van der Waals surface area contributed by atoms with Gasteiger partial charge in [-0.1, -0.05) is 23.7 Å². The van der Waals surface area contributed by atoms with Gasteiger partial charge in [0, 0.05) is 38.5 Å². The highest BCUT2D eigenvalue weighted by atomic mass is 35.5. The second-order valence-corrected chi connectivity index (χ2v) is 10.00. The van der Waals surface area contributed by atoms with Gasteiger partial charge in [0.25, 0.3) is 0 Å². The Kier molecular flexibility index (Phi) is 7.82. The molecule has 184 valence electrons. The quantitative estimate of drug-likeness (QED) is 0.357. The van der Waals surface area contributed by atoms with Crippen molar-refractivity contribution in [1.29, 1.82) is 5.26 Å². The fraction of sp³-hybridized carbons (Fsp3) is 0.261. The van der Waals surface area contributed by atoms with Crippen molar-refractivity contribution in [2.24, 2.45) is 5.73 Å². The Balaban J connectivity index is 2.03. The maximum absolute atomic E-state index is 12.9. The van der Waals surface area contributed by atoms with Gasteiger partial charge in [0.05, 0.1) is 27.6 Å². The third kappa shape index (κ3) is 5.63. The number of halogens is 1. The number of rotatable bonds is 7. The van der Waals surface area contributed by atoms with Gasteiger partial charge in [-0.2, -0.15) is 5.26 Å². The molecule has 10 nitrogen and oxygen atoms in total. The van der Waals surface area contributed by atoms with Gasteiger partial charge in [-0.05, 0) is 36.2 Å². The lowest BCUT2D eigenvalue weighted by atomic mass is 9.95. The van der Waals surface area contributed by atoms with E-state index in [1.54, 1.807) is 13.0 Å². The Bertz CT molecular complexity index is 1490. The van der Waals surface area contributed by atoms with Crippen LogP contribution in [0.1, 0.15) is 29.2 Å². The number of sulfonamides is 1. The molecule has 0 aliphatic carbocycles. The highest BCUT2D eigenvalue weighted by molar-refractivity contribution is 7.89. The van der Waals surface area contributed by atoms with Crippen molar-refractivity contribution >= 4 is 38.7 Å². The van der Waals surface area contributed by atoms with Crippen molar-refractivity contribution in [3.05, 3.63) is 68.5 Å². The summed E-state index contributed by atoms with van der Waals surface area (Å²) in [6, 6.07) is 9.56. The standard InChI is InChI=1S/C23H23ClN4O6S/c1-13-16-11-17(24)19(34-23(30)28(2)3)12-18(16)33-22(29)20(13)21(26)14-6-4-7-15(10-14)35(31,32)27-9-5-8-25/h4,6-7,10-12,21,27H,5,9,26H2,1-3H3. The number of nitrogens with zero attached hydrogens (tertiary/aromatic N) is 2. The molecule has 0 saturated heterocycles. The summed E-state index contributed by atoms with van der Waals surface area (Å²) in [5.74, 6) is 0.0271. The summed E-state index contributed by atoms with van der Waals surface area (Å²) in [6.45, 7) is 1.63. The van der Waals surface area contributed by atoms with E-state index in [1.165, 1.54) is 49.3 Å². The smallest absolute Gasteiger partial charge is 0.414 e. The minimum absolute atomic E-state index is 0.0222. The third-order valence-corrected chi connectivity index (χ3v) is 6.95. The zero-order valence-corrected chi connectivity index (χ0v) is 20.7. The van der Waals surface area contributed by atoms with E-state index in [4.69, 9.17) is 31.8 Å². The number of fused-ring (bicyclic) bond motifs is 1. The Morgan fingerprint density at radius 3 is 2.69 bits per heavy atom. The Morgan fingerprint density at radius 1 is 1.31 bits per heavy atom. The average Bonchev–Trinajstić information content (AvgIpc) is 2.80. The minimum atomic E-state index is -3.87. The van der Waals surface area contributed by atoms with Crippen LogP contribution in [0.3, 0.4) is 0 Å². The molecule has 1 unspecified atom stereocenters. The molecule has 1 atom stereocenters. The third-order valence-electron chi connectivity index (χ3n) is 5.19. The molecule has 35 heavy (non-hydrogen) atoms. The maximum atomic E-state index is 12.9. The molecule has 12 heteroatoms. The Labute approximate surface area is 206 Å². The zero-order valence-electron chi connectivity index (χ0n) is 19.2. The normalized spacial score (nSPS) is 12.2. The topological polar surface area (TPSA) is 156 Å². The van der Waals surface area contributed by atoms with E-state index in [0.717, 1.165) is 0 Å². The summed E-state index contributed by atoms with van der Waals surface area (Å²) in [5, 5.41) is 9.23. The van der Waals surface area contributed by atoms with Crippen LogP contribution in [0, 0.1) is 18.3 Å². The van der Waals surface area contributed by atoms with Crippen molar-refractivity contribution in [3.8, 4) is 11.8 Å². The molecule has 3 rings (SSSR count). The molecule has 0 aliphatic heterocycles. The number of benzene rings is 2. The fourth-order valence-corrected chi connectivity index (χ4v) is 4.64. The van der Waals surface area contributed by atoms with E-state index < -0.39 is 27.8 Å². The average molecular weight is 519 g/mol. The van der Waals surface area contributed by atoms with Crippen molar-refractivity contribution in [3.63, 3.8) is 0 Å². The molecular formula is C23H23ClN4O6S. The van der Waals surface area contributed by atoms with Gasteiger partial charge in [-0.3, -0.25) is 0 Å². The first-order chi connectivity index (χ1) is 16.5. The fourth-order valence-electron chi connectivity index (χ4n) is 3.36. The van der Waals surface area contributed by atoms with Crippen LogP contribution >= 0.6 is 11.6 Å². The highest BCUT2D eigenvalue weighted by Crippen LogP contribution is 2.34. The molecule has 2 aromatic carbocycles. The van der Waals surface area contributed by atoms with E-state index in [2.05, 4.69) is 4.72 Å². The molecule has 0 aliphatic rings. The number of nitrogens with one attached hydrogen (secondary N) is 1. The largest absolute Gasteiger partial charge is 0.422 e. The van der Waals surface area contributed by atoms with Crippen molar-refractivity contribution in [2.75, 3.05) is 20.6 Å². The second-order valence-electron chi connectivity index (χ2n) is 7.83. The van der Waals surface area contributed by atoms with E-state index in [0.29, 0.717) is 16.5 Å². The van der Waals surface area contributed by atoms with Crippen molar-refractivity contribution < 1.29 is 22.4 Å². The predicted octanol–water partition coefficient (Wildman–Crippen LogP) is 3.06. The lowest BCUT2D eigenvalue weighted by Gasteiger charge is -2.17. The number of nitriles is 1. The Morgan fingerprint density at radius 2 is 2.03 bits per heavy atom. The summed E-state index contributed by atoms with van der Waals surface area (Å²) in [6.07, 6.45) is -0.630. The molecule has 0 spiro atoms. The number of hydrogen-bond acceptors (Lipinski definition) is 8. The molecule has 0 fully saturated rings. The number of hydrogen-bond donors (Lipinski definition) is 2. The molecule has 1 aromatic heterocycles. The van der Waals surface area contributed by atoms with Crippen LogP contribution in [0.2, 0.25) is 5.02 Å². The summed E-state index contributed by atoms with van der Waals surface area (Å²) in [5.41, 5.74) is 6.78. The van der Waals surface area contributed by atoms with Gasteiger partial charge in [0.15, 0.2) is 5.75 Å². The van der Waals surface area contributed by atoms with Gasteiger partial charge in [0.2, 0.25) is 10.0 Å². The van der Waals surface area contributed by atoms with E-state index in [9.17, 15) is 18.0 Å². The predicted molar refractivity (Wildman–Crippen MR) is 130 cm³/mol. The van der Waals surface area contributed by atoms with Crippen molar-refractivity contribution in [2.45, 2.75) is 24.3 Å². The first-order valence-corrected chi connectivity index (χ1v) is 12.2. The minimum Gasteiger partial charge on any atom is -0.422 e. The van der Waals surface area contributed by atoms with Crippen LogP contribution in [0.5, 0.6) is 5.75 Å². The number of carbonyl (C=O) groups is 1. The number of ether oxygens (including phenoxy) is 1. The number of aryl methyl sites for hydroxylation is 1. The van der Waals surface area contributed by atoms with E-state index >= 15 is 0 Å². The maximum Gasteiger partial charge on any atom is 0.414 e. The van der Waals surface area contributed by atoms with E-state index in [-0.39, 0.29) is 39.8 Å². The lowest BCUT2D eigenvalue weighted by molar-refractivity contribution is 0.172. The van der Waals surface area contributed by atoms with Crippen molar-refractivity contribution in [1.82, 2.24) is 9.62 Å². The number of carbonyl (C=O) groups excluding carboxylic acids is 1. The number of nitrogens with two attached hydrogens (primary N) is 1. The summed E-state index contributed by atoms with van der Waals surface area (Å²) in [7, 11) is -0.849. The van der Waals surface area contributed by atoms with Crippen LogP contribution in [-0.2, 0) is 10.0 Å². The molecule has 3 aromatic rings. The van der Waals surface area contributed by atoms with Gasteiger partial charge in [-0.15, -0.1) is 0 Å². The SMILES string of the molecule is Cc1c(C(N)c2cccc(S(=O)(=O)NCCC#N)c2)c(=O)oc2cc(OC(=O)N(C)C)c(Cl)cc12. The summed E-state index contributed by atoms with van der Waals surface area (Å²) >= 11 is 6.30. The molecule has 0 bridgehead atoms. The van der Waals surface area contributed by atoms with Gasteiger partial charge in [-0.25, -0.2) is 22.7 Å². The molecule has 3 N–H and O–H groups in total. The van der Waals surface area contributed by atoms with Gasteiger partial charge in [0.1, 0.15) is 5.58 Å². The molecule has 0 saturated carbocycles. The molecule has 0 radical (unpaired) electrons. The molecule has 1 amide bonds. The first kappa shape index (κ1) is 26.2. The zero-order chi connectivity index (χ0) is 25.9. The monoisotopic (exact) mass is 518 g/mol. The summed E-state index contributed by atoms with van der Waals surface area (Å²) < 4.78 is 38.0. The molecule has 1 heterocycles. The van der Waals surface area contributed by atoms with Crippen LogP contribution in [-0.4, -0.2) is 40.1 Å². The first-order valence-electron chi connectivity index (χ1n) is 10.3. The Hall–Kier alpha value is -3.43. The highest BCUT2D eigenvalue weighted by Gasteiger charge is 2.23. The lowest BCUT2D eigenvalue weighted by Crippen LogP contribution is -2.26. The van der Waals surface area contributed by atoms with Crippen LogP contribution in [0.25, 0.3) is 11.0 Å². The molecular weight excluding hydrogens is 496 g/mol. The number of amides is 1. The van der Waals surface area contributed by atoms with Gasteiger partial charge >= 0.3 is 11.7 Å². The van der Waals surface area contributed by atoms with Crippen LogP contribution < -0.4 is 20.8 Å². The second kappa shape index (κ2) is 10.5. The summed E-state index contributed by atoms with van der Waals surface area (Å²) in [4.78, 5) is 25.9. The van der Waals surface area contributed by atoms with Crippen LogP contribution in [0.4, 0.5) is 4.79 Å². The van der Waals surface area contributed by atoms with Gasteiger partial charge < -0.3 is 19.8 Å². The van der Waals surface area contributed by atoms with E-state index in [1.807, 2.05) is 6.07 Å².